The van der Waals surface area contributed by atoms with Crippen LogP contribution in [-0.2, 0) is 9.59 Å². The fraction of sp³-hybridized carbons (Fsp3) is 0.611. The first-order chi connectivity index (χ1) is 11.5. The highest BCUT2D eigenvalue weighted by Crippen LogP contribution is 2.28. The molecule has 2 atom stereocenters. The SMILES string of the molecule is Cc1ccc(NC(=O)C2CCN(C(=O)C3CCC(N)C3)CC2)nc1.Cl.Cl. The van der Waals surface area contributed by atoms with Crippen molar-refractivity contribution in [2.24, 2.45) is 17.6 Å². The lowest BCUT2D eigenvalue weighted by Crippen LogP contribution is -2.43. The molecule has 3 N–H and O–H groups in total. The molecule has 3 rings (SSSR count). The molecule has 2 unspecified atom stereocenters. The van der Waals surface area contributed by atoms with E-state index in [0.717, 1.165) is 24.8 Å². The van der Waals surface area contributed by atoms with Gasteiger partial charge in [-0.25, -0.2) is 4.98 Å². The summed E-state index contributed by atoms with van der Waals surface area (Å²) >= 11 is 0. The third-order valence-corrected chi connectivity index (χ3v) is 5.16. The minimum atomic E-state index is -0.0528. The fourth-order valence-electron chi connectivity index (χ4n) is 3.63. The Bertz CT molecular complexity index is 604. The largest absolute Gasteiger partial charge is 0.342 e. The first-order valence-corrected chi connectivity index (χ1v) is 8.81. The molecule has 0 aromatic carbocycles. The topological polar surface area (TPSA) is 88.3 Å². The van der Waals surface area contributed by atoms with E-state index in [1.807, 2.05) is 24.0 Å². The van der Waals surface area contributed by atoms with Crippen LogP contribution in [0.15, 0.2) is 18.3 Å². The first kappa shape index (κ1) is 22.7. The maximum atomic E-state index is 12.5. The Balaban J connectivity index is 0.00000169. The Morgan fingerprint density at radius 1 is 1.12 bits per heavy atom. The average molecular weight is 403 g/mol. The molecule has 0 bridgehead atoms. The number of likely N-dealkylation sites (tertiary alicyclic amines) is 1. The van der Waals surface area contributed by atoms with E-state index in [2.05, 4.69) is 10.3 Å². The Hall–Kier alpha value is -1.37. The van der Waals surface area contributed by atoms with Gasteiger partial charge in [0.05, 0.1) is 0 Å². The molecule has 2 amide bonds. The molecule has 6 nitrogen and oxygen atoms in total. The zero-order valence-electron chi connectivity index (χ0n) is 15.0. The highest BCUT2D eigenvalue weighted by Gasteiger charge is 2.34. The van der Waals surface area contributed by atoms with E-state index in [-0.39, 0.29) is 54.5 Å². The van der Waals surface area contributed by atoms with Crippen molar-refractivity contribution < 1.29 is 9.59 Å². The highest BCUT2D eigenvalue weighted by atomic mass is 35.5. The molecule has 146 valence electrons. The molecule has 1 aromatic heterocycles. The van der Waals surface area contributed by atoms with Gasteiger partial charge < -0.3 is 16.0 Å². The standard InChI is InChI=1S/C18H26N4O2.2ClH/c1-12-2-5-16(20-11-12)21-17(23)13-6-8-22(9-7-13)18(24)14-3-4-15(19)10-14;;/h2,5,11,13-15H,3-4,6-10,19H2,1H3,(H,20,21,23);2*1H. The smallest absolute Gasteiger partial charge is 0.228 e. The van der Waals surface area contributed by atoms with E-state index >= 15 is 0 Å². The molecular weight excluding hydrogens is 375 g/mol. The lowest BCUT2D eigenvalue weighted by atomic mass is 9.94. The normalized spacial score (nSPS) is 22.9. The summed E-state index contributed by atoms with van der Waals surface area (Å²) in [5.74, 6) is 0.845. The van der Waals surface area contributed by atoms with Gasteiger partial charge in [0.15, 0.2) is 0 Å². The average Bonchev–Trinajstić information content (AvgIpc) is 3.03. The van der Waals surface area contributed by atoms with Crippen LogP contribution in [0.4, 0.5) is 5.82 Å². The second kappa shape index (κ2) is 10.1. The molecule has 2 heterocycles. The number of amides is 2. The maximum absolute atomic E-state index is 12.5. The Kier molecular flexibility index (Phi) is 8.80. The van der Waals surface area contributed by atoms with Gasteiger partial charge in [0.25, 0.3) is 0 Å². The third kappa shape index (κ3) is 5.56. The molecule has 1 saturated heterocycles. The maximum Gasteiger partial charge on any atom is 0.228 e. The van der Waals surface area contributed by atoms with Crippen molar-refractivity contribution in [2.45, 2.75) is 45.1 Å². The summed E-state index contributed by atoms with van der Waals surface area (Å²) in [6.07, 6.45) is 5.81. The van der Waals surface area contributed by atoms with Crippen LogP contribution < -0.4 is 11.1 Å². The van der Waals surface area contributed by atoms with Crippen molar-refractivity contribution >= 4 is 42.4 Å². The molecule has 2 fully saturated rings. The van der Waals surface area contributed by atoms with E-state index in [0.29, 0.717) is 31.7 Å². The zero-order valence-corrected chi connectivity index (χ0v) is 16.7. The van der Waals surface area contributed by atoms with Crippen LogP contribution in [0.3, 0.4) is 0 Å². The Morgan fingerprint density at radius 3 is 2.35 bits per heavy atom. The van der Waals surface area contributed by atoms with Gasteiger partial charge in [-0.1, -0.05) is 6.07 Å². The van der Waals surface area contributed by atoms with Crippen molar-refractivity contribution in [2.75, 3.05) is 18.4 Å². The van der Waals surface area contributed by atoms with E-state index in [1.54, 1.807) is 6.20 Å². The molecule has 1 saturated carbocycles. The monoisotopic (exact) mass is 402 g/mol. The van der Waals surface area contributed by atoms with E-state index < -0.39 is 0 Å². The minimum absolute atomic E-state index is 0. The lowest BCUT2D eigenvalue weighted by molar-refractivity contribution is -0.138. The number of carbonyl (C=O) groups is 2. The molecule has 8 heteroatoms. The van der Waals surface area contributed by atoms with Crippen LogP contribution in [0, 0.1) is 18.8 Å². The predicted molar refractivity (Wildman–Crippen MR) is 107 cm³/mol. The molecule has 26 heavy (non-hydrogen) atoms. The number of nitrogens with one attached hydrogen (secondary N) is 1. The summed E-state index contributed by atoms with van der Waals surface area (Å²) in [5.41, 5.74) is 6.97. The third-order valence-electron chi connectivity index (χ3n) is 5.16. The molecule has 2 aliphatic rings. The number of hydrogen-bond acceptors (Lipinski definition) is 4. The summed E-state index contributed by atoms with van der Waals surface area (Å²) in [7, 11) is 0. The van der Waals surface area contributed by atoms with Gasteiger partial charge in [-0.3, -0.25) is 9.59 Å². The predicted octanol–water partition coefficient (Wildman–Crippen LogP) is 2.54. The number of anilines is 1. The van der Waals surface area contributed by atoms with Gasteiger partial charge in [0.1, 0.15) is 5.82 Å². The number of hydrogen-bond donors (Lipinski definition) is 2. The van der Waals surface area contributed by atoms with Crippen molar-refractivity contribution in [3.05, 3.63) is 23.9 Å². The van der Waals surface area contributed by atoms with E-state index in [9.17, 15) is 9.59 Å². The Morgan fingerprint density at radius 2 is 1.81 bits per heavy atom. The van der Waals surface area contributed by atoms with Gasteiger partial charge in [-0.2, -0.15) is 0 Å². The number of aryl methyl sites for hydroxylation is 1. The van der Waals surface area contributed by atoms with E-state index in [1.165, 1.54) is 0 Å². The van der Waals surface area contributed by atoms with Crippen LogP contribution >= 0.6 is 24.8 Å². The minimum Gasteiger partial charge on any atom is -0.342 e. The van der Waals surface area contributed by atoms with E-state index in [4.69, 9.17) is 5.73 Å². The number of halogens is 2. The van der Waals surface area contributed by atoms with Gasteiger partial charge in [-0.05, 0) is 50.7 Å². The number of aromatic nitrogens is 1. The van der Waals surface area contributed by atoms with Gasteiger partial charge in [0.2, 0.25) is 11.8 Å². The Labute approximate surface area is 167 Å². The van der Waals surface area contributed by atoms with Crippen molar-refractivity contribution in [1.82, 2.24) is 9.88 Å². The molecule has 1 aliphatic carbocycles. The van der Waals surface area contributed by atoms with Crippen LogP contribution in [0.1, 0.15) is 37.7 Å². The summed E-state index contributed by atoms with van der Waals surface area (Å²) in [6.45, 7) is 3.27. The van der Waals surface area contributed by atoms with Gasteiger partial charge in [0, 0.05) is 37.2 Å². The van der Waals surface area contributed by atoms with Gasteiger partial charge in [-0.15, -0.1) is 24.8 Å². The second-order valence-corrected chi connectivity index (χ2v) is 7.08. The number of nitrogens with two attached hydrogens (primary N) is 1. The summed E-state index contributed by atoms with van der Waals surface area (Å²) in [5, 5.41) is 2.87. The first-order valence-electron chi connectivity index (χ1n) is 8.81. The van der Waals surface area contributed by atoms with Gasteiger partial charge >= 0.3 is 0 Å². The zero-order chi connectivity index (χ0) is 17.1. The van der Waals surface area contributed by atoms with Crippen molar-refractivity contribution in [3.8, 4) is 0 Å². The van der Waals surface area contributed by atoms with Crippen molar-refractivity contribution in [3.63, 3.8) is 0 Å². The van der Waals surface area contributed by atoms with Crippen molar-refractivity contribution in [1.29, 1.82) is 0 Å². The molecule has 0 radical (unpaired) electrons. The summed E-state index contributed by atoms with van der Waals surface area (Å²) in [6, 6.07) is 3.91. The lowest BCUT2D eigenvalue weighted by Gasteiger charge is -2.33. The van der Waals surface area contributed by atoms with Crippen LogP contribution in [0.5, 0.6) is 0 Å². The number of carbonyl (C=O) groups excluding carboxylic acids is 2. The number of rotatable bonds is 3. The number of nitrogens with zero attached hydrogens (tertiary/aromatic N) is 2. The summed E-state index contributed by atoms with van der Waals surface area (Å²) < 4.78 is 0. The van der Waals surface area contributed by atoms with Crippen LogP contribution in [0.2, 0.25) is 0 Å². The fourth-order valence-corrected chi connectivity index (χ4v) is 3.63. The number of piperidine rings is 1. The second-order valence-electron chi connectivity index (χ2n) is 7.08. The molecule has 1 aromatic rings. The highest BCUT2D eigenvalue weighted by molar-refractivity contribution is 5.92. The quantitative estimate of drug-likeness (QED) is 0.812. The van der Waals surface area contributed by atoms with Crippen LogP contribution in [0.25, 0.3) is 0 Å². The molecule has 0 spiro atoms. The molecule has 1 aliphatic heterocycles. The number of pyridine rings is 1. The summed E-state index contributed by atoms with van der Waals surface area (Å²) in [4.78, 5) is 31.0. The van der Waals surface area contributed by atoms with Crippen LogP contribution in [-0.4, -0.2) is 40.8 Å². The molecular formula is C18H28Cl2N4O2.